The van der Waals surface area contributed by atoms with E-state index in [1.807, 2.05) is 0 Å². The molecule has 0 aliphatic carbocycles. The van der Waals surface area contributed by atoms with E-state index in [4.69, 9.17) is 16.7 Å². The van der Waals surface area contributed by atoms with Gasteiger partial charge in [-0.3, -0.25) is 5.32 Å². The van der Waals surface area contributed by atoms with Gasteiger partial charge in [-0.1, -0.05) is 0 Å². The zero-order chi connectivity index (χ0) is 13.1. The first-order valence-corrected chi connectivity index (χ1v) is 6.37. The van der Waals surface area contributed by atoms with Crippen LogP contribution in [0.3, 0.4) is 0 Å². The van der Waals surface area contributed by atoms with Gasteiger partial charge < -0.3 is 10.0 Å². The molecule has 1 aliphatic rings. The van der Waals surface area contributed by atoms with E-state index in [1.54, 1.807) is 0 Å². The Balaban J connectivity index is 2.48. The van der Waals surface area contributed by atoms with Crippen molar-refractivity contribution in [3.8, 4) is 6.07 Å². The number of nitrogens with zero attached hydrogens (tertiary/aromatic N) is 1. The van der Waals surface area contributed by atoms with Crippen molar-refractivity contribution >= 4 is 17.4 Å². The lowest BCUT2D eigenvalue weighted by Crippen LogP contribution is -3.08. The van der Waals surface area contributed by atoms with Crippen LogP contribution in [-0.2, 0) is 13.0 Å². The average Bonchev–Trinajstić information content (AvgIpc) is 2.36. The zero-order valence-corrected chi connectivity index (χ0v) is 11.1. The summed E-state index contributed by atoms with van der Waals surface area (Å²) < 4.78 is 0. The third kappa shape index (κ3) is 2.41. The number of fused-ring (bicyclic) bond motifs is 1. The minimum Gasteiger partial charge on any atom is -0.392 e. The van der Waals surface area contributed by atoms with E-state index in [-0.39, 0.29) is 6.61 Å². The van der Waals surface area contributed by atoms with Gasteiger partial charge in [0.05, 0.1) is 25.8 Å². The fourth-order valence-electron chi connectivity index (χ4n) is 2.33. The maximum Gasteiger partial charge on any atom is 0.282 e. The van der Waals surface area contributed by atoms with E-state index < -0.39 is 0 Å². The number of hydrogen-bond donors (Lipinski definition) is 3. The van der Waals surface area contributed by atoms with Gasteiger partial charge in [-0.15, -0.1) is 0 Å². The topological polar surface area (TPSA) is 74.6 Å². The molecule has 1 unspecified atom stereocenters. The largest absolute Gasteiger partial charge is 0.392 e. The summed E-state index contributed by atoms with van der Waals surface area (Å²) in [5.41, 5.74) is 2.69. The Morgan fingerprint density at radius 1 is 1.56 bits per heavy atom. The van der Waals surface area contributed by atoms with Gasteiger partial charge >= 0.3 is 0 Å². The first-order valence-electron chi connectivity index (χ1n) is 6.00. The molecule has 4 N–H and O–H groups in total. The lowest BCUT2D eigenvalue weighted by Gasteiger charge is -2.23. The minimum absolute atomic E-state index is 0.0585. The monoisotopic (exact) mass is 268 g/mol. The number of halogens is 1. The molecule has 1 aromatic rings. The molecule has 96 valence electrons. The van der Waals surface area contributed by atoms with Gasteiger partial charge in [0, 0.05) is 6.42 Å². The molecule has 0 saturated heterocycles. The number of likely N-dealkylation sites (N-methyl/N-ethyl adjacent to an activating group) is 1. The van der Waals surface area contributed by atoms with Crippen LogP contribution in [0.4, 0.5) is 5.82 Å². The van der Waals surface area contributed by atoms with E-state index in [0.717, 1.165) is 36.5 Å². The van der Waals surface area contributed by atoms with Crippen molar-refractivity contribution in [1.82, 2.24) is 0 Å². The van der Waals surface area contributed by atoms with Crippen LogP contribution in [0, 0.1) is 11.3 Å². The van der Waals surface area contributed by atoms with Crippen LogP contribution >= 0.6 is 11.6 Å². The predicted octanol–water partition coefficient (Wildman–Crippen LogP) is -0.999. The Morgan fingerprint density at radius 2 is 2.33 bits per heavy atom. The molecular weight excluding hydrogens is 252 g/mol. The number of quaternary nitrogens is 1. The van der Waals surface area contributed by atoms with Crippen molar-refractivity contribution in [2.24, 2.45) is 0 Å². The molecule has 1 aromatic heterocycles. The molecule has 1 aliphatic heterocycles. The molecule has 0 bridgehead atoms. The fraction of sp³-hybridized carbons (Fsp3) is 0.500. The van der Waals surface area contributed by atoms with Crippen LogP contribution in [0.5, 0.6) is 0 Å². The SMILES string of the molecule is C[NH+]1CCc2c(C#N)c(Cl)[nH+]c(NCCO)c2C1. The maximum atomic E-state index is 9.19. The first kappa shape index (κ1) is 13.1. The summed E-state index contributed by atoms with van der Waals surface area (Å²) in [6.45, 7) is 2.38. The highest BCUT2D eigenvalue weighted by atomic mass is 35.5. The molecule has 0 spiro atoms. The molecule has 0 saturated carbocycles. The Labute approximate surface area is 111 Å². The lowest BCUT2D eigenvalue weighted by molar-refractivity contribution is -0.895. The highest BCUT2D eigenvalue weighted by molar-refractivity contribution is 6.29. The number of aliphatic hydroxyl groups is 1. The summed E-state index contributed by atoms with van der Waals surface area (Å²) in [6, 6.07) is 2.17. The van der Waals surface area contributed by atoms with Crippen LogP contribution in [0.1, 0.15) is 16.7 Å². The number of rotatable bonds is 3. The third-order valence-electron chi connectivity index (χ3n) is 3.23. The van der Waals surface area contributed by atoms with E-state index in [9.17, 15) is 5.26 Å². The van der Waals surface area contributed by atoms with Crippen LogP contribution < -0.4 is 15.2 Å². The summed E-state index contributed by atoms with van der Waals surface area (Å²) >= 11 is 6.09. The van der Waals surface area contributed by atoms with Crippen molar-refractivity contribution in [3.05, 3.63) is 21.8 Å². The molecule has 0 radical (unpaired) electrons. The number of aromatic nitrogens is 1. The Morgan fingerprint density at radius 3 is 3.00 bits per heavy atom. The van der Waals surface area contributed by atoms with Gasteiger partial charge in [0.2, 0.25) is 5.15 Å². The molecule has 1 atom stereocenters. The first-order chi connectivity index (χ1) is 8.67. The molecule has 0 aromatic carbocycles. The number of nitriles is 1. The van der Waals surface area contributed by atoms with Crippen molar-refractivity contribution < 1.29 is 15.0 Å². The molecule has 5 nitrogen and oxygen atoms in total. The van der Waals surface area contributed by atoms with E-state index in [2.05, 4.69) is 23.4 Å². The summed E-state index contributed by atoms with van der Waals surface area (Å²) in [5.74, 6) is 0.821. The second kappa shape index (κ2) is 5.53. The van der Waals surface area contributed by atoms with Gasteiger partial charge in [0.25, 0.3) is 5.82 Å². The van der Waals surface area contributed by atoms with Crippen molar-refractivity contribution in [3.63, 3.8) is 0 Å². The normalized spacial score (nSPS) is 18.0. The molecule has 0 fully saturated rings. The van der Waals surface area contributed by atoms with Gasteiger partial charge in [0.15, 0.2) is 0 Å². The van der Waals surface area contributed by atoms with E-state index in [1.165, 1.54) is 4.90 Å². The smallest absolute Gasteiger partial charge is 0.282 e. The summed E-state index contributed by atoms with van der Waals surface area (Å²) in [7, 11) is 2.12. The van der Waals surface area contributed by atoms with Gasteiger partial charge in [-0.2, -0.15) is 5.26 Å². The summed E-state index contributed by atoms with van der Waals surface area (Å²) in [5, 5.41) is 21.6. The number of nitrogens with one attached hydrogen (secondary N) is 3. The van der Waals surface area contributed by atoms with E-state index >= 15 is 0 Å². The van der Waals surface area contributed by atoms with Crippen LogP contribution in [-0.4, -0.2) is 31.9 Å². The van der Waals surface area contributed by atoms with Crippen molar-refractivity contribution in [2.45, 2.75) is 13.0 Å². The Bertz CT molecular complexity index is 498. The second-order valence-corrected chi connectivity index (χ2v) is 4.92. The molecule has 6 heteroatoms. The molecular formula is C12H17ClN4O+2. The number of aliphatic hydroxyl groups excluding tert-OH is 1. The molecule has 0 amide bonds. The number of H-pyrrole nitrogens is 1. The van der Waals surface area contributed by atoms with Gasteiger partial charge in [-0.25, -0.2) is 4.98 Å². The Kier molecular flexibility index (Phi) is 4.02. The summed E-state index contributed by atoms with van der Waals surface area (Å²) in [6.07, 6.45) is 0.853. The number of pyridine rings is 1. The zero-order valence-electron chi connectivity index (χ0n) is 10.3. The fourth-order valence-corrected chi connectivity index (χ4v) is 2.58. The van der Waals surface area contributed by atoms with Gasteiger partial charge in [0.1, 0.15) is 24.7 Å². The minimum atomic E-state index is 0.0585. The molecule has 2 rings (SSSR count). The number of hydrogen-bond acceptors (Lipinski definition) is 3. The third-order valence-corrected chi connectivity index (χ3v) is 3.51. The second-order valence-electron chi connectivity index (χ2n) is 4.54. The lowest BCUT2D eigenvalue weighted by atomic mass is 9.97. The van der Waals surface area contributed by atoms with E-state index in [0.29, 0.717) is 17.3 Å². The average molecular weight is 269 g/mol. The van der Waals surface area contributed by atoms with Gasteiger partial charge in [-0.05, 0) is 17.2 Å². The van der Waals surface area contributed by atoms with Crippen LogP contribution in [0.2, 0.25) is 5.15 Å². The van der Waals surface area contributed by atoms with Crippen molar-refractivity contribution in [1.29, 1.82) is 5.26 Å². The standard InChI is InChI=1S/C12H15ClN4O/c1-17-4-2-8-9(6-14)11(13)16-12(10(8)7-17)15-3-5-18/h18H,2-5,7H2,1H3,(H,15,16)/p+2. The van der Waals surface area contributed by atoms with Crippen LogP contribution in [0.15, 0.2) is 0 Å². The molecule has 2 heterocycles. The molecule has 18 heavy (non-hydrogen) atoms. The highest BCUT2D eigenvalue weighted by Crippen LogP contribution is 2.24. The van der Waals surface area contributed by atoms with Crippen molar-refractivity contribution in [2.75, 3.05) is 32.1 Å². The number of aromatic amines is 1. The maximum absolute atomic E-state index is 9.19. The summed E-state index contributed by atoms with van der Waals surface area (Å²) in [4.78, 5) is 4.42. The highest BCUT2D eigenvalue weighted by Gasteiger charge is 2.28. The Hall–Kier alpha value is -1.35. The van der Waals surface area contributed by atoms with Crippen LogP contribution in [0.25, 0.3) is 0 Å². The quantitative estimate of drug-likeness (QED) is 0.616. The predicted molar refractivity (Wildman–Crippen MR) is 67.5 cm³/mol. The number of anilines is 1.